The lowest BCUT2D eigenvalue weighted by molar-refractivity contribution is 0.164. The first-order valence-electron chi connectivity index (χ1n) is 9.63. The fourth-order valence-corrected chi connectivity index (χ4v) is 3.06. The van der Waals surface area contributed by atoms with Crippen LogP contribution in [0.15, 0.2) is 58.2 Å². The molecule has 0 unspecified atom stereocenters. The maximum Gasteiger partial charge on any atom is 0.157 e. The molecule has 0 aromatic heterocycles. The Hall–Kier alpha value is -1.63. The minimum Gasteiger partial charge on any atom is -0.490 e. The highest BCUT2D eigenvalue weighted by Gasteiger charge is 2.10. The third-order valence-electron chi connectivity index (χ3n) is 3.81. The van der Waals surface area contributed by atoms with Crippen molar-refractivity contribution in [2.45, 2.75) is 19.3 Å². The number of para-hydroxylation sites is 1. The molecule has 0 spiro atoms. The monoisotopic (exact) mass is 505 g/mol. The Balaban J connectivity index is 1.55. The molecule has 0 aliphatic rings. The number of ether oxygens (including phenoxy) is 3. The Bertz CT molecular complexity index is 820. The third kappa shape index (κ3) is 11.0. The van der Waals surface area contributed by atoms with Crippen LogP contribution in [0, 0.1) is 0 Å². The van der Waals surface area contributed by atoms with Gasteiger partial charge in [-0.05, 0) is 37.5 Å². The Kier molecular flexibility index (Phi) is 12.6. The minimum absolute atomic E-state index is 0.132. The van der Waals surface area contributed by atoms with Crippen molar-refractivity contribution < 1.29 is 19.0 Å². The van der Waals surface area contributed by atoms with Crippen LogP contribution >= 0.6 is 46.4 Å². The fraction of sp³-hybridized carbons (Fsp3) is 0.318. The van der Waals surface area contributed by atoms with Crippen molar-refractivity contribution in [2.75, 3.05) is 26.4 Å². The van der Waals surface area contributed by atoms with Gasteiger partial charge in [0.2, 0.25) is 0 Å². The maximum atomic E-state index is 6.24. The Morgan fingerprint density at radius 2 is 1.55 bits per heavy atom. The Morgan fingerprint density at radius 1 is 0.839 bits per heavy atom. The van der Waals surface area contributed by atoms with Gasteiger partial charge >= 0.3 is 0 Å². The van der Waals surface area contributed by atoms with Crippen LogP contribution in [0.25, 0.3) is 0 Å². The molecule has 0 bridgehead atoms. The van der Waals surface area contributed by atoms with Crippen LogP contribution in [0.4, 0.5) is 0 Å². The average Bonchev–Trinajstić information content (AvgIpc) is 2.74. The molecule has 0 N–H and O–H groups in total. The van der Waals surface area contributed by atoms with Crippen LogP contribution < -0.4 is 14.3 Å². The molecule has 5 nitrogen and oxygen atoms in total. The summed E-state index contributed by atoms with van der Waals surface area (Å²) < 4.78 is 16.8. The van der Waals surface area contributed by atoms with Crippen molar-refractivity contribution in [1.82, 2.24) is 0 Å². The van der Waals surface area contributed by atoms with E-state index >= 15 is 0 Å². The van der Waals surface area contributed by atoms with Gasteiger partial charge in [0.25, 0.3) is 0 Å². The van der Waals surface area contributed by atoms with Gasteiger partial charge in [-0.15, -0.1) is 0 Å². The Labute approximate surface area is 202 Å². The molecule has 2 aromatic rings. The standard InChI is InChI=1S/C22H23Cl4NO4/c23-19-15-18(29-13-9-21(25)26)16-20(24)22(19)30-12-6-2-5-11-28-14-10-27-31-17-7-3-1-4-8-17/h1,3-4,7-10,15-16H,2,5-6,11-14H2/b27-10+. The van der Waals surface area contributed by atoms with Gasteiger partial charge in [-0.3, -0.25) is 0 Å². The van der Waals surface area contributed by atoms with Crippen LogP contribution in [-0.4, -0.2) is 32.6 Å². The quantitative estimate of drug-likeness (QED) is 0.153. The van der Waals surface area contributed by atoms with Crippen molar-refractivity contribution in [3.05, 3.63) is 63.1 Å². The van der Waals surface area contributed by atoms with Crippen molar-refractivity contribution in [3.8, 4) is 17.2 Å². The van der Waals surface area contributed by atoms with E-state index in [1.807, 2.05) is 30.3 Å². The van der Waals surface area contributed by atoms with Gasteiger partial charge in [-0.1, -0.05) is 69.8 Å². The van der Waals surface area contributed by atoms with Crippen LogP contribution in [0.1, 0.15) is 19.3 Å². The summed E-state index contributed by atoms with van der Waals surface area (Å²) >= 11 is 23.6. The highest BCUT2D eigenvalue weighted by molar-refractivity contribution is 6.55. The lowest BCUT2D eigenvalue weighted by Crippen LogP contribution is -2.02. The summed E-state index contributed by atoms with van der Waals surface area (Å²) in [5, 5.41) is 4.61. The smallest absolute Gasteiger partial charge is 0.157 e. The second-order valence-corrected chi connectivity index (χ2v) is 8.02. The zero-order valence-corrected chi connectivity index (χ0v) is 19.8. The highest BCUT2D eigenvalue weighted by Crippen LogP contribution is 2.37. The second kappa shape index (κ2) is 15.2. The van der Waals surface area contributed by atoms with E-state index in [-0.39, 0.29) is 11.1 Å². The lowest BCUT2D eigenvalue weighted by Gasteiger charge is -2.12. The molecule has 0 heterocycles. The fourth-order valence-electron chi connectivity index (χ4n) is 2.36. The number of oxime groups is 1. The molecule has 2 rings (SSSR count). The van der Waals surface area contributed by atoms with Gasteiger partial charge in [-0.2, -0.15) is 0 Å². The first-order valence-corrected chi connectivity index (χ1v) is 11.1. The summed E-state index contributed by atoms with van der Waals surface area (Å²) in [6.45, 7) is 1.74. The molecule has 0 aliphatic heterocycles. The largest absolute Gasteiger partial charge is 0.490 e. The Morgan fingerprint density at radius 3 is 2.26 bits per heavy atom. The molecule has 31 heavy (non-hydrogen) atoms. The topological polar surface area (TPSA) is 49.3 Å². The zero-order chi connectivity index (χ0) is 22.3. The minimum atomic E-state index is 0.132. The van der Waals surface area contributed by atoms with E-state index in [1.54, 1.807) is 18.3 Å². The third-order valence-corrected chi connectivity index (χ3v) is 4.68. The molecule has 9 heteroatoms. The molecule has 168 valence electrons. The summed E-state index contributed by atoms with van der Waals surface area (Å²) in [6, 6.07) is 12.6. The number of halogens is 4. The lowest BCUT2D eigenvalue weighted by atomic mass is 10.2. The number of benzene rings is 2. The van der Waals surface area contributed by atoms with Gasteiger partial charge in [-0.25, -0.2) is 0 Å². The highest BCUT2D eigenvalue weighted by atomic mass is 35.5. The van der Waals surface area contributed by atoms with E-state index in [9.17, 15) is 0 Å². The number of hydrogen-bond donors (Lipinski definition) is 0. The van der Waals surface area contributed by atoms with E-state index in [0.717, 1.165) is 19.3 Å². The van der Waals surface area contributed by atoms with Crippen LogP contribution in [0.3, 0.4) is 0 Å². The number of nitrogens with zero attached hydrogens (tertiary/aromatic N) is 1. The number of unbranched alkanes of at least 4 members (excludes halogenated alkanes) is 2. The number of hydrogen-bond acceptors (Lipinski definition) is 5. The molecule has 0 aliphatic carbocycles. The van der Waals surface area contributed by atoms with Crippen molar-refractivity contribution in [2.24, 2.45) is 5.16 Å². The van der Waals surface area contributed by atoms with E-state index < -0.39 is 0 Å². The van der Waals surface area contributed by atoms with Gasteiger partial charge in [0.05, 0.1) is 29.5 Å². The molecule has 2 aromatic carbocycles. The van der Waals surface area contributed by atoms with E-state index in [0.29, 0.717) is 47.1 Å². The summed E-state index contributed by atoms with van der Waals surface area (Å²) in [5.74, 6) is 1.63. The predicted octanol–water partition coefficient (Wildman–Crippen LogP) is 7.32. The van der Waals surface area contributed by atoms with Gasteiger partial charge < -0.3 is 19.0 Å². The van der Waals surface area contributed by atoms with Gasteiger partial charge in [0.15, 0.2) is 11.5 Å². The van der Waals surface area contributed by atoms with E-state index in [4.69, 9.17) is 65.5 Å². The first kappa shape index (κ1) is 25.6. The maximum absolute atomic E-state index is 6.24. The molecule has 0 saturated heterocycles. The summed E-state index contributed by atoms with van der Waals surface area (Å²) in [7, 11) is 0. The normalized spacial score (nSPS) is 10.8. The van der Waals surface area contributed by atoms with Crippen LogP contribution in [-0.2, 0) is 4.74 Å². The number of rotatable bonds is 14. The summed E-state index contributed by atoms with van der Waals surface area (Å²) in [5.41, 5.74) is 0. The first-order chi connectivity index (χ1) is 15.1. The summed E-state index contributed by atoms with van der Waals surface area (Å²) in [4.78, 5) is 5.19. The molecule has 0 saturated carbocycles. The molecular weight excluding hydrogens is 484 g/mol. The average molecular weight is 507 g/mol. The molecule has 0 atom stereocenters. The van der Waals surface area contributed by atoms with E-state index in [2.05, 4.69) is 5.16 Å². The molecular formula is C22H23Cl4NO4. The van der Waals surface area contributed by atoms with Crippen LogP contribution in [0.5, 0.6) is 17.2 Å². The molecule has 0 amide bonds. The summed E-state index contributed by atoms with van der Waals surface area (Å²) in [6.07, 6.45) is 5.80. The van der Waals surface area contributed by atoms with Crippen molar-refractivity contribution in [3.63, 3.8) is 0 Å². The predicted molar refractivity (Wildman–Crippen MR) is 127 cm³/mol. The molecule has 0 fully saturated rings. The second-order valence-electron chi connectivity index (χ2n) is 6.20. The van der Waals surface area contributed by atoms with Crippen molar-refractivity contribution >= 4 is 52.6 Å². The van der Waals surface area contributed by atoms with Crippen LogP contribution in [0.2, 0.25) is 10.0 Å². The SMILES string of the molecule is ClC(Cl)=CCOc1cc(Cl)c(OCCCCCOC/C=N/Oc2ccccc2)c(Cl)c1. The van der Waals surface area contributed by atoms with Gasteiger partial charge in [0.1, 0.15) is 16.8 Å². The molecule has 0 radical (unpaired) electrons. The van der Waals surface area contributed by atoms with Gasteiger partial charge in [0, 0.05) is 18.7 Å². The van der Waals surface area contributed by atoms with E-state index in [1.165, 1.54) is 6.08 Å². The zero-order valence-electron chi connectivity index (χ0n) is 16.7. The van der Waals surface area contributed by atoms with Crippen molar-refractivity contribution in [1.29, 1.82) is 0 Å².